The smallest absolute Gasteiger partial charge is 0.163 e. The highest BCUT2D eigenvalue weighted by molar-refractivity contribution is 5.96. The Kier molecular flexibility index (Phi) is 6.98. The van der Waals surface area contributed by atoms with Crippen LogP contribution in [0.5, 0.6) is 11.5 Å². The summed E-state index contributed by atoms with van der Waals surface area (Å²) in [5.74, 6) is 0.106. The molecule has 0 aliphatic heterocycles. The van der Waals surface area contributed by atoms with E-state index in [4.69, 9.17) is 4.74 Å². The lowest BCUT2D eigenvalue weighted by molar-refractivity contribution is 0.0673. The number of carbonyl (C=O) groups excluding carboxylic acids is 1. The molecule has 0 aliphatic carbocycles. The molecule has 0 bridgehead atoms. The van der Waals surface area contributed by atoms with E-state index in [0.717, 1.165) is 13.1 Å². The molecule has 25 heavy (non-hydrogen) atoms. The number of ether oxygens (including phenoxy) is 1. The van der Waals surface area contributed by atoms with Crippen molar-refractivity contribution in [2.75, 3.05) is 19.7 Å². The molecule has 2 aromatic carbocycles. The Balaban J connectivity index is 1.85. The van der Waals surface area contributed by atoms with Gasteiger partial charge in [-0.25, -0.2) is 0 Å². The summed E-state index contributed by atoms with van der Waals surface area (Å²) in [7, 11) is 0. The van der Waals surface area contributed by atoms with Gasteiger partial charge in [0.25, 0.3) is 0 Å². The molecule has 134 valence electrons. The van der Waals surface area contributed by atoms with Crippen molar-refractivity contribution in [1.82, 2.24) is 4.90 Å². The Labute approximate surface area is 148 Å². The van der Waals surface area contributed by atoms with Gasteiger partial charge in [0.1, 0.15) is 24.2 Å². The SMILES string of the molecule is CCN(Cc1ccccc1)C[C@H](O)COc1ccc(C(C)=O)c(O)c1. The Morgan fingerprint density at radius 3 is 2.52 bits per heavy atom. The molecule has 0 unspecified atom stereocenters. The van der Waals surface area contributed by atoms with Gasteiger partial charge in [-0.05, 0) is 31.2 Å². The van der Waals surface area contributed by atoms with Gasteiger partial charge in [0, 0.05) is 19.2 Å². The largest absolute Gasteiger partial charge is 0.507 e. The molecule has 2 rings (SSSR count). The van der Waals surface area contributed by atoms with Crippen molar-refractivity contribution in [3.8, 4) is 11.5 Å². The fourth-order valence-electron chi connectivity index (χ4n) is 2.59. The summed E-state index contributed by atoms with van der Waals surface area (Å²) in [6, 6.07) is 14.6. The quantitative estimate of drug-likeness (QED) is 0.685. The minimum atomic E-state index is -0.654. The highest BCUT2D eigenvalue weighted by Gasteiger charge is 2.13. The van der Waals surface area contributed by atoms with Crippen molar-refractivity contribution in [2.24, 2.45) is 0 Å². The van der Waals surface area contributed by atoms with Gasteiger partial charge >= 0.3 is 0 Å². The molecule has 0 amide bonds. The van der Waals surface area contributed by atoms with E-state index in [9.17, 15) is 15.0 Å². The van der Waals surface area contributed by atoms with E-state index in [1.807, 2.05) is 18.2 Å². The summed E-state index contributed by atoms with van der Waals surface area (Å²) in [6.45, 7) is 5.63. The summed E-state index contributed by atoms with van der Waals surface area (Å²) in [6.07, 6.45) is -0.654. The van der Waals surface area contributed by atoms with Crippen LogP contribution in [0.25, 0.3) is 0 Å². The topological polar surface area (TPSA) is 70.0 Å². The molecule has 0 fully saturated rings. The van der Waals surface area contributed by atoms with Crippen LogP contribution in [0.4, 0.5) is 0 Å². The van der Waals surface area contributed by atoms with E-state index in [1.165, 1.54) is 24.6 Å². The van der Waals surface area contributed by atoms with Gasteiger partial charge in [0.05, 0.1) is 5.56 Å². The molecule has 0 saturated heterocycles. The first kappa shape index (κ1) is 19.0. The Morgan fingerprint density at radius 1 is 1.20 bits per heavy atom. The number of carbonyl (C=O) groups is 1. The predicted octanol–water partition coefficient (Wildman–Crippen LogP) is 2.86. The summed E-state index contributed by atoms with van der Waals surface area (Å²) < 4.78 is 5.53. The van der Waals surface area contributed by atoms with Crippen molar-refractivity contribution >= 4 is 5.78 Å². The molecule has 0 heterocycles. The van der Waals surface area contributed by atoms with Crippen LogP contribution in [0.15, 0.2) is 48.5 Å². The van der Waals surface area contributed by atoms with Crippen LogP contribution in [-0.4, -0.2) is 46.7 Å². The zero-order chi connectivity index (χ0) is 18.2. The third-order valence-corrected chi connectivity index (χ3v) is 3.96. The van der Waals surface area contributed by atoms with E-state index >= 15 is 0 Å². The molecule has 0 radical (unpaired) electrons. The van der Waals surface area contributed by atoms with Crippen LogP contribution in [0, 0.1) is 0 Å². The number of likely N-dealkylation sites (N-methyl/N-ethyl adjacent to an activating group) is 1. The number of phenols is 1. The van der Waals surface area contributed by atoms with Gasteiger partial charge in [-0.2, -0.15) is 0 Å². The third kappa shape index (κ3) is 5.89. The molecule has 0 aliphatic rings. The maximum Gasteiger partial charge on any atom is 0.163 e. The highest BCUT2D eigenvalue weighted by atomic mass is 16.5. The first-order valence-corrected chi connectivity index (χ1v) is 8.40. The fourth-order valence-corrected chi connectivity index (χ4v) is 2.59. The number of Topliss-reactive ketones (excluding diaryl/α,β-unsaturated/α-hetero) is 1. The van der Waals surface area contributed by atoms with Crippen molar-refractivity contribution < 1.29 is 19.7 Å². The number of hydrogen-bond donors (Lipinski definition) is 2. The van der Waals surface area contributed by atoms with Gasteiger partial charge in [-0.1, -0.05) is 37.3 Å². The summed E-state index contributed by atoms with van der Waals surface area (Å²) in [5, 5.41) is 20.0. The van der Waals surface area contributed by atoms with Crippen molar-refractivity contribution in [3.05, 3.63) is 59.7 Å². The molecule has 2 N–H and O–H groups in total. The normalized spacial score (nSPS) is 12.2. The second kappa shape index (κ2) is 9.20. The minimum Gasteiger partial charge on any atom is -0.507 e. The van der Waals surface area contributed by atoms with Gasteiger partial charge in [-0.15, -0.1) is 0 Å². The third-order valence-electron chi connectivity index (χ3n) is 3.96. The Bertz CT molecular complexity index is 687. The molecule has 0 aromatic heterocycles. The molecule has 2 aromatic rings. The maximum atomic E-state index is 11.3. The van der Waals surface area contributed by atoms with Crippen LogP contribution in [0.1, 0.15) is 29.8 Å². The van der Waals surface area contributed by atoms with Crippen LogP contribution in [0.3, 0.4) is 0 Å². The predicted molar refractivity (Wildman–Crippen MR) is 97.0 cm³/mol. The first-order chi connectivity index (χ1) is 12.0. The Hall–Kier alpha value is -2.37. The second-order valence-corrected chi connectivity index (χ2v) is 6.01. The maximum absolute atomic E-state index is 11.3. The molecule has 5 heteroatoms. The van der Waals surface area contributed by atoms with Gasteiger partial charge in [-0.3, -0.25) is 9.69 Å². The zero-order valence-electron chi connectivity index (χ0n) is 14.7. The monoisotopic (exact) mass is 343 g/mol. The fraction of sp³-hybridized carbons (Fsp3) is 0.350. The number of aliphatic hydroxyl groups is 1. The van der Waals surface area contributed by atoms with Crippen LogP contribution >= 0.6 is 0 Å². The number of aliphatic hydroxyl groups excluding tert-OH is 1. The first-order valence-electron chi connectivity index (χ1n) is 8.40. The molecule has 5 nitrogen and oxygen atoms in total. The molecule has 1 atom stereocenters. The van der Waals surface area contributed by atoms with Crippen molar-refractivity contribution in [3.63, 3.8) is 0 Å². The summed E-state index contributed by atoms with van der Waals surface area (Å²) in [4.78, 5) is 13.4. The molecular formula is C20H25NO4. The van der Waals surface area contributed by atoms with E-state index in [1.54, 1.807) is 6.07 Å². The van der Waals surface area contributed by atoms with E-state index in [0.29, 0.717) is 12.3 Å². The number of hydrogen-bond acceptors (Lipinski definition) is 5. The van der Waals surface area contributed by atoms with Crippen molar-refractivity contribution in [2.45, 2.75) is 26.5 Å². The zero-order valence-corrected chi connectivity index (χ0v) is 14.7. The molecular weight excluding hydrogens is 318 g/mol. The highest BCUT2D eigenvalue weighted by Crippen LogP contribution is 2.24. The van der Waals surface area contributed by atoms with E-state index in [2.05, 4.69) is 24.0 Å². The summed E-state index contributed by atoms with van der Waals surface area (Å²) >= 11 is 0. The minimum absolute atomic E-state index is 0.112. The van der Waals surface area contributed by atoms with E-state index in [-0.39, 0.29) is 23.7 Å². The van der Waals surface area contributed by atoms with Crippen molar-refractivity contribution in [1.29, 1.82) is 0 Å². The lowest BCUT2D eigenvalue weighted by Crippen LogP contribution is -2.35. The number of ketones is 1. The summed E-state index contributed by atoms with van der Waals surface area (Å²) in [5.41, 5.74) is 1.45. The van der Waals surface area contributed by atoms with Gasteiger partial charge < -0.3 is 14.9 Å². The number of benzene rings is 2. The number of phenolic OH excluding ortho intramolecular Hbond substituents is 1. The lowest BCUT2D eigenvalue weighted by atomic mass is 10.1. The average molecular weight is 343 g/mol. The standard InChI is InChI=1S/C20H25NO4/c1-3-21(12-16-7-5-4-6-8-16)13-17(23)14-25-18-9-10-19(15(2)22)20(24)11-18/h4-11,17,23-24H,3,12-14H2,1-2H3/t17-/m0/s1. The van der Waals surface area contributed by atoms with Crippen LogP contribution < -0.4 is 4.74 Å². The second-order valence-electron chi connectivity index (χ2n) is 6.01. The number of rotatable bonds is 9. The van der Waals surface area contributed by atoms with Gasteiger partial charge in [0.2, 0.25) is 0 Å². The lowest BCUT2D eigenvalue weighted by Gasteiger charge is -2.23. The van der Waals surface area contributed by atoms with Gasteiger partial charge in [0.15, 0.2) is 5.78 Å². The number of nitrogens with zero attached hydrogens (tertiary/aromatic N) is 1. The number of aromatic hydroxyl groups is 1. The average Bonchev–Trinajstić information content (AvgIpc) is 2.60. The van der Waals surface area contributed by atoms with Crippen LogP contribution in [0.2, 0.25) is 0 Å². The molecule has 0 spiro atoms. The Morgan fingerprint density at radius 2 is 1.92 bits per heavy atom. The van der Waals surface area contributed by atoms with Crippen LogP contribution in [-0.2, 0) is 6.54 Å². The van der Waals surface area contributed by atoms with E-state index < -0.39 is 6.10 Å². The molecule has 0 saturated carbocycles.